The van der Waals surface area contributed by atoms with Gasteiger partial charge in [-0.1, -0.05) is 23.8 Å². The number of nitrogens with zero attached hydrogens (tertiary/aromatic N) is 3. The van der Waals surface area contributed by atoms with Crippen molar-refractivity contribution in [1.82, 2.24) is 14.4 Å². The van der Waals surface area contributed by atoms with E-state index >= 15 is 0 Å². The fourth-order valence-corrected chi connectivity index (χ4v) is 1.96. The summed E-state index contributed by atoms with van der Waals surface area (Å²) in [4.78, 5) is 19.2. The number of benzene rings is 1. The molecular formula is C14H11N3O2. The molecule has 0 saturated carbocycles. The van der Waals surface area contributed by atoms with Gasteiger partial charge in [0.05, 0.1) is 5.69 Å². The van der Waals surface area contributed by atoms with Crippen molar-refractivity contribution < 1.29 is 9.90 Å². The molecule has 0 saturated heterocycles. The first-order valence-corrected chi connectivity index (χ1v) is 5.78. The lowest BCUT2D eigenvalue weighted by atomic mass is 10.1. The van der Waals surface area contributed by atoms with Crippen LogP contribution in [0.25, 0.3) is 16.9 Å². The third-order valence-corrected chi connectivity index (χ3v) is 2.88. The minimum Gasteiger partial charge on any atom is -0.476 e. The smallest absolute Gasteiger partial charge is 0.356 e. The molecule has 19 heavy (non-hydrogen) atoms. The second-order valence-corrected chi connectivity index (χ2v) is 4.34. The molecule has 3 rings (SSSR count). The summed E-state index contributed by atoms with van der Waals surface area (Å²) in [5, 5.41) is 8.91. The van der Waals surface area contributed by atoms with Gasteiger partial charge in [-0.3, -0.25) is 4.40 Å². The van der Waals surface area contributed by atoms with Crippen molar-refractivity contribution in [1.29, 1.82) is 0 Å². The Morgan fingerprint density at radius 2 is 2.16 bits per heavy atom. The molecule has 0 unspecified atom stereocenters. The Hall–Kier alpha value is -2.69. The Morgan fingerprint density at radius 3 is 2.89 bits per heavy atom. The number of fused-ring (bicyclic) bond motifs is 1. The van der Waals surface area contributed by atoms with Crippen LogP contribution in [0.5, 0.6) is 0 Å². The van der Waals surface area contributed by atoms with E-state index in [9.17, 15) is 4.79 Å². The molecule has 0 bridgehead atoms. The monoisotopic (exact) mass is 253 g/mol. The number of carbonyl (C=O) groups is 1. The number of hydrogen-bond donors (Lipinski definition) is 1. The molecule has 5 nitrogen and oxygen atoms in total. The summed E-state index contributed by atoms with van der Waals surface area (Å²) in [5.74, 6) is -1.04. The highest BCUT2D eigenvalue weighted by atomic mass is 16.4. The molecule has 0 spiro atoms. The largest absolute Gasteiger partial charge is 0.476 e. The highest BCUT2D eigenvalue weighted by Gasteiger charge is 2.09. The third-order valence-electron chi connectivity index (χ3n) is 2.88. The molecule has 0 aliphatic carbocycles. The molecule has 0 amide bonds. The highest BCUT2D eigenvalue weighted by molar-refractivity contribution is 5.86. The Morgan fingerprint density at radius 1 is 1.32 bits per heavy atom. The number of carboxylic acid groups (broad SMARTS) is 1. The Kier molecular flexibility index (Phi) is 2.52. The predicted octanol–water partition coefficient (Wildman–Crippen LogP) is 2.40. The topological polar surface area (TPSA) is 67.5 Å². The number of aryl methyl sites for hydroxylation is 1. The van der Waals surface area contributed by atoms with E-state index in [1.807, 2.05) is 31.2 Å². The maximum atomic E-state index is 10.9. The Balaban J connectivity index is 2.13. The van der Waals surface area contributed by atoms with Gasteiger partial charge in [0, 0.05) is 17.8 Å². The lowest BCUT2D eigenvalue weighted by Crippen LogP contribution is -1.94. The van der Waals surface area contributed by atoms with Gasteiger partial charge in [-0.05, 0) is 13.0 Å². The number of rotatable bonds is 2. The van der Waals surface area contributed by atoms with Crippen LogP contribution in [0.15, 0.2) is 42.9 Å². The van der Waals surface area contributed by atoms with Crippen LogP contribution >= 0.6 is 0 Å². The zero-order valence-electron chi connectivity index (χ0n) is 10.2. The van der Waals surface area contributed by atoms with Crippen LogP contribution in [-0.4, -0.2) is 25.4 Å². The van der Waals surface area contributed by atoms with Crippen LogP contribution in [-0.2, 0) is 0 Å². The normalized spacial score (nSPS) is 10.8. The summed E-state index contributed by atoms with van der Waals surface area (Å²) < 4.78 is 1.60. The van der Waals surface area contributed by atoms with E-state index < -0.39 is 5.97 Å². The molecule has 0 radical (unpaired) electrons. The van der Waals surface area contributed by atoms with Crippen molar-refractivity contribution >= 4 is 11.6 Å². The fourth-order valence-electron chi connectivity index (χ4n) is 1.96. The molecule has 2 aromatic heterocycles. The van der Waals surface area contributed by atoms with Gasteiger partial charge in [0.2, 0.25) is 0 Å². The number of aromatic carboxylic acids is 1. The number of imidazole rings is 1. The number of hydrogen-bond acceptors (Lipinski definition) is 3. The van der Waals surface area contributed by atoms with Gasteiger partial charge in [-0.2, -0.15) is 0 Å². The van der Waals surface area contributed by atoms with Gasteiger partial charge in [0.1, 0.15) is 12.0 Å². The molecule has 94 valence electrons. The van der Waals surface area contributed by atoms with Gasteiger partial charge >= 0.3 is 5.97 Å². The third kappa shape index (κ3) is 2.06. The Labute approximate surface area is 109 Å². The van der Waals surface area contributed by atoms with Crippen LogP contribution < -0.4 is 0 Å². The summed E-state index contributed by atoms with van der Waals surface area (Å²) in [6, 6.07) is 9.75. The summed E-state index contributed by atoms with van der Waals surface area (Å²) in [6.07, 6.45) is 3.02. The second-order valence-electron chi connectivity index (χ2n) is 4.34. The van der Waals surface area contributed by atoms with Crippen LogP contribution in [0.4, 0.5) is 0 Å². The maximum absolute atomic E-state index is 10.9. The van der Waals surface area contributed by atoms with E-state index in [1.165, 1.54) is 6.20 Å². The van der Waals surface area contributed by atoms with Crippen LogP contribution in [0.3, 0.4) is 0 Å². The molecule has 3 aromatic rings. The first kappa shape index (κ1) is 11.4. The number of aromatic nitrogens is 3. The van der Waals surface area contributed by atoms with Gasteiger partial charge < -0.3 is 5.11 Å². The van der Waals surface area contributed by atoms with Crippen molar-refractivity contribution in [2.24, 2.45) is 0 Å². The average Bonchev–Trinajstić information content (AvgIpc) is 2.81. The highest BCUT2D eigenvalue weighted by Crippen LogP contribution is 2.19. The lowest BCUT2D eigenvalue weighted by molar-refractivity contribution is 0.0691. The second kappa shape index (κ2) is 4.20. The average molecular weight is 253 g/mol. The van der Waals surface area contributed by atoms with Gasteiger partial charge in [0.25, 0.3) is 0 Å². The molecule has 1 N–H and O–H groups in total. The first-order chi connectivity index (χ1) is 9.13. The van der Waals surface area contributed by atoms with Crippen LogP contribution in [0.1, 0.15) is 16.1 Å². The summed E-state index contributed by atoms with van der Waals surface area (Å²) in [5.41, 5.74) is 3.50. The van der Waals surface area contributed by atoms with E-state index in [0.717, 1.165) is 16.8 Å². The maximum Gasteiger partial charge on any atom is 0.356 e. The predicted molar refractivity (Wildman–Crippen MR) is 70.1 cm³/mol. The van der Waals surface area contributed by atoms with Crippen molar-refractivity contribution in [3.05, 3.63) is 54.1 Å². The molecule has 0 aliphatic heterocycles. The molecule has 0 atom stereocenters. The van der Waals surface area contributed by atoms with Gasteiger partial charge in [0.15, 0.2) is 5.69 Å². The fraction of sp³-hybridized carbons (Fsp3) is 0.0714. The van der Waals surface area contributed by atoms with Gasteiger partial charge in [-0.15, -0.1) is 0 Å². The zero-order chi connectivity index (χ0) is 13.4. The molecule has 0 fully saturated rings. The lowest BCUT2D eigenvalue weighted by Gasteiger charge is -2.02. The van der Waals surface area contributed by atoms with E-state index in [4.69, 9.17) is 5.11 Å². The SMILES string of the molecule is Cc1cccc(-c2cc3nc(C(=O)O)cn3cn2)c1. The van der Waals surface area contributed by atoms with Crippen molar-refractivity contribution in [3.8, 4) is 11.3 Å². The molecular weight excluding hydrogens is 242 g/mol. The summed E-state index contributed by atoms with van der Waals surface area (Å²) in [7, 11) is 0. The summed E-state index contributed by atoms with van der Waals surface area (Å²) >= 11 is 0. The zero-order valence-corrected chi connectivity index (χ0v) is 10.2. The standard InChI is InChI=1S/C14H11N3O2/c1-9-3-2-4-10(5-9)11-6-13-16-12(14(18)19)7-17(13)8-15-11/h2-8H,1H3,(H,18,19). The van der Waals surface area contributed by atoms with Crippen molar-refractivity contribution in [2.45, 2.75) is 6.92 Å². The van der Waals surface area contributed by atoms with Gasteiger partial charge in [-0.25, -0.2) is 14.8 Å². The van der Waals surface area contributed by atoms with Crippen LogP contribution in [0, 0.1) is 6.92 Å². The van der Waals surface area contributed by atoms with Crippen LogP contribution in [0.2, 0.25) is 0 Å². The minimum absolute atomic E-state index is 0.0168. The molecule has 5 heteroatoms. The molecule has 2 heterocycles. The van der Waals surface area contributed by atoms with Crippen molar-refractivity contribution in [2.75, 3.05) is 0 Å². The van der Waals surface area contributed by atoms with E-state index in [2.05, 4.69) is 9.97 Å². The van der Waals surface area contributed by atoms with E-state index in [-0.39, 0.29) is 5.69 Å². The van der Waals surface area contributed by atoms with E-state index in [1.54, 1.807) is 16.8 Å². The van der Waals surface area contributed by atoms with E-state index in [0.29, 0.717) is 5.65 Å². The molecule has 0 aliphatic rings. The first-order valence-electron chi connectivity index (χ1n) is 5.78. The quantitative estimate of drug-likeness (QED) is 0.761. The minimum atomic E-state index is -1.04. The number of carboxylic acids is 1. The Bertz CT molecular complexity index is 777. The summed E-state index contributed by atoms with van der Waals surface area (Å²) in [6.45, 7) is 2.01. The molecule has 1 aromatic carbocycles. The van der Waals surface area contributed by atoms with Crippen molar-refractivity contribution in [3.63, 3.8) is 0 Å².